The van der Waals surface area contributed by atoms with Crippen LogP contribution in [-0.2, 0) is 4.79 Å². The summed E-state index contributed by atoms with van der Waals surface area (Å²) in [7, 11) is 0. The molecule has 1 aliphatic rings. The predicted octanol–water partition coefficient (Wildman–Crippen LogP) is 4.67. The SMILES string of the molecule is CC(C)C(=O)Nc1nc2n(n1)[C@H](c1ccccc1)C[C@H](c1ccc(Cl)cc1)N2. The van der Waals surface area contributed by atoms with Crippen molar-refractivity contribution in [2.75, 3.05) is 10.6 Å². The number of amides is 1. The summed E-state index contributed by atoms with van der Waals surface area (Å²) in [4.78, 5) is 16.6. The Morgan fingerprint density at radius 3 is 2.54 bits per heavy atom. The Morgan fingerprint density at radius 2 is 1.86 bits per heavy atom. The summed E-state index contributed by atoms with van der Waals surface area (Å²) < 4.78 is 1.86. The van der Waals surface area contributed by atoms with Crippen LogP contribution in [0.3, 0.4) is 0 Å². The molecule has 0 unspecified atom stereocenters. The molecule has 0 radical (unpaired) electrons. The summed E-state index contributed by atoms with van der Waals surface area (Å²) in [5.41, 5.74) is 2.28. The van der Waals surface area contributed by atoms with Crippen molar-refractivity contribution in [3.8, 4) is 0 Å². The monoisotopic (exact) mass is 395 g/mol. The quantitative estimate of drug-likeness (QED) is 0.673. The average Bonchev–Trinajstić information content (AvgIpc) is 3.10. The number of rotatable bonds is 4. The Bertz CT molecular complexity index is 968. The van der Waals surface area contributed by atoms with E-state index in [9.17, 15) is 4.79 Å². The Labute approximate surface area is 168 Å². The Kier molecular flexibility index (Phi) is 5.05. The molecule has 1 aliphatic heterocycles. The van der Waals surface area contributed by atoms with Gasteiger partial charge in [0.15, 0.2) is 0 Å². The van der Waals surface area contributed by atoms with Gasteiger partial charge in [0.1, 0.15) is 0 Å². The summed E-state index contributed by atoms with van der Waals surface area (Å²) in [5, 5.41) is 11.5. The highest BCUT2D eigenvalue weighted by Crippen LogP contribution is 2.38. The van der Waals surface area contributed by atoms with Crippen molar-refractivity contribution in [3.63, 3.8) is 0 Å². The molecular weight excluding hydrogens is 374 g/mol. The largest absolute Gasteiger partial charge is 0.347 e. The number of nitrogens with one attached hydrogen (secondary N) is 2. The number of benzene rings is 2. The van der Waals surface area contributed by atoms with E-state index in [1.807, 2.05) is 61.0 Å². The van der Waals surface area contributed by atoms with Crippen LogP contribution in [0.1, 0.15) is 43.5 Å². The first-order chi connectivity index (χ1) is 13.5. The minimum absolute atomic E-state index is 0.00956. The normalized spacial score (nSPS) is 18.4. The van der Waals surface area contributed by atoms with Gasteiger partial charge in [0.05, 0.1) is 12.1 Å². The van der Waals surface area contributed by atoms with Crippen molar-refractivity contribution in [1.82, 2.24) is 14.8 Å². The van der Waals surface area contributed by atoms with Crippen LogP contribution in [0.15, 0.2) is 54.6 Å². The zero-order valence-corrected chi connectivity index (χ0v) is 16.5. The van der Waals surface area contributed by atoms with Crippen LogP contribution in [0.4, 0.5) is 11.9 Å². The molecule has 7 heteroatoms. The van der Waals surface area contributed by atoms with E-state index < -0.39 is 0 Å². The lowest BCUT2D eigenvalue weighted by atomic mass is 9.93. The van der Waals surface area contributed by atoms with Crippen LogP contribution in [-0.4, -0.2) is 20.7 Å². The summed E-state index contributed by atoms with van der Waals surface area (Å²) >= 11 is 6.05. The van der Waals surface area contributed by atoms with Gasteiger partial charge in [-0.05, 0) is 29.7 Å². The zero-order chi connectivity index (χ0) is 19.7. The second kappa shape index (κ2) is 7.64. The van der Waals surface area contributed by atoms with Gasteiger partial charge in [-0.3, -0.25) is 10.1 Å². The van der Waals surface area contributed by atoms with Crippen molar-refractivity contribution in [3.05, 3.63) is 70.7 Å². The number of carbonyl (C=O) groups excluding carboxylic acids is 1. The fourth-order valence-electron chi connectivity index (χ4n) is 3.35. The molecule has 0 aliphatic carbocycles. The van der Waals surface area contributed by atoms with Gasteiger partial charge in [0.25, 0.3) is 5.95 Å². The number of anilines is 2. The van der Waals surface area contributed by atoms with Crippen molar-refractivity contribution in [1.29, 1.82) is 0 Å². The number of hydrogen-bond donors (Lipinski definition) is 2. The molecule has 0 fully saturated rings. The number of nitrogens with zero attached hydrogens (tertiary/aromatic N) is 3. The highest BCUT2D eigenvalue weighted by molar-refractivity contribution is 6.30. The molecule has 1 aromatic heterocycles. The number of fused-ring (bicyclic) bond motifs is 1. The molecule has 4 rings (SSSR count). The van der Waals surface area contributed by atoms with Gasteiger partial charge in [0, 0.05) is 10.9 Å². The first-order valence-electron chi connectivity index (χ1n) is 9.35. The van der Waals surface area contributed by atoms with Crippen LogP contribution in [0.25, 0.3) is 0 Å². The number of hydrogen-bond acceptors (Lipinski definition) is 4. The molecule has 3 aromatic rings. The highest BCUT2D eigenvalue weighted by atomic mass is 35.5. The third-order valence-corrected chi connectivity index (χ3v) is 5.16. The van der Waals surface area contributed by atoms with E-state index >= 15 is 0 Å². The van der Waals surface area contributed by atoms with Gasteiger partial charge < -0.3 is 5.32 Å². The molecule has 1 amide bonds. The Hall–Kier alpha value is -2.86. The molecule has 2 N–H and O–H groups in total. The summed E-state index contributed by atoms with van der Waals surface area (Å²) in [6.45, 7) is 3.68. The van der Waals surface area contributed by atoms with Gasteiger partial charge in [-0.15, -0.1) is 5.10 Å². The first-order valence-corrected chi connectivity index (χ1v) is 9.73. The smallest absolute Gasteiger partial charge is 0.250 e. The molecule has 0 saturated carbocycles. The first kappa shape index (κ1) is 18.5. The summed E-state index contributed by atoms with van der Waals surface area (Å²) in [6, 6.07) is 18.1. The van der Waals surface area contributed by atoms with Gasteiger partial charge in [0.2, 0.25) is 11.9 Å². The van der Waals surface area contributed by atoms with Crippen LogP contribution < -0.4 is 10.6 Å². The fourth-order valence-corrected chi connectivity index (χ4v) is 3.48. The van der Waals surface area contributed by atoms with Gasteiger partial charge >= 0.3 is 0 Å². The predicted molar refractivity (Wildman–Crippen MR) is 111 cm³/mol. The van der Waals surface area contributed by atoms with E-state index in [1.165, 1.54) is 0 Å². The Morgan fingerprint density at radius 1 is 1.14 bits per heavy atom. The number of aromatic nitrogens is 3. The van der Waals surface area contributed by atoms with Crippen LogP contribution in [0, 0.1) is 5.92 Å². The third-order valence-electron chi connectivity index (χ3n) is 4.90. The lowest BCUT2D eigenvalue weighted by molar-refractivity contribution is -0.118. The average molecular weight is 396 g/mol. The highest BCUT2D eigenvalue weighted by Gasteiger charge is 2.31. The van der Waals surface area contributed by atoms with Gasteiger partial charge in [-0.25, -0.2) is 4.68 Å². The lowest BCUT2D eigenvalue weighted by Crippen LogP contribution is -2.28. The fraction of sp³-hybridized carbons (Fsp3) is 0.286. The molecule has 2 heterocycles. The summed E-state index contributed by atoms with van der Waals surface area (Å²) in [5.74, 6) is 0.715. The maximum absolute atomic E-state index is 12.1. The molecule has 144 valence electrons. The van der Waals surface area contributed by atoms with Crippen molar-refractivity contribution in [2.45, 2.75) is 32.4 Å². The molecule has 0 bridgehead atoms. The van der Waals surface area contributed by atoms with Crippen molar-refractivity contribution < 1.29 is 4.79 Å². The topological polar surface area (TPSA) is 71.8 Å². The second-order valence-corrected chi connectivity index (χ2v) is 7.69. The number of carbonyl (C=O) groups is 1. The minimum atomic E-state index is -0.139. The summed E-state index contributed by atoms with van der Waals surface area (Å²) in [6.07, 6.45) is 0.805. The molecule has 2 atom stereocenters. The molecular formula is C21H22ClN5O. The van der Waals surface area contributed by atoms with Gasteiger partial charge in [-0.1, -0.05) is 67.9 Å². The Balaban J connectivity index is 1.70. The zero-order valence-electron chi connectivity index (χ0n) is 15.8. The molecule has 6 nitrogen and oxygen atoms in total. The maximum Gasteiger partial charge on any atom is 0.250 e. The van der Waals surface area contributed by atoms with E-state index in [1.54, 1.807) is 0 Å². The van der Waals surface area contributed by atoms with E-state index in [4.69, 9.17) is 11.6 Å². The van der Waals surface area contributed by atoms with Crippen molar-refractivity contribution in [2.24, 2.45) is 5.92 Å². The molecule has 0 saturated heterocycles. The maximum atomic E-state index is 12.1. The van der Waals surface area contributed by atoms with E-state index in [2.05, 4.69) is 32.8 Å². The standard InChI is InChI=1S/C21H22ClN5O/c1-13(2)19(28)24-20-25-21-23-17(14-8-10-16(22)11-9-14)12-18(27(21)26-20)15-6-4-3-5-7-15/h3-11,13,17-18H,12H2,1-2H3,(H2,23,24,25,26,28)/t17-,18+/m1/s1. The van der Waals surface area contributed by atoms with Crippen LogP contribution in [0.5, 0.6) is 0 Å². The lowest BCUT2D eigenvalue weighted by Gasteiger charge is -2.31. The van der Waals surface area contributed by atoms with E-state index in [0.29, 0.717) is 16.9 Å². The second-order valence-electron chi connectivity index (χ2n) is 7.26. The van der Waals surface area contributed by atoms with Crippen LogP contribution in [0.2, 0.25) is 5.02 Å². The van der Waals surface area contributed by atoms with Gasteiger partial charge in [-0.2, -0.15) is 4.98 Å². The number of halogens is 1. The van der Waals surface area contributed by atoms with E-state index in [0.717, 1.165) is 17.5 Å². The van der Waals surface area contributed by atoms with E-state index in [-0.39, 0.29) is 23.9 Å². The van der Waals surface area contributed by atoms with Crippen molar-refractivity contribution >= 4 is 29.4 Å². The minimum Gasteiger partial charge on any atom is -0.347 e. The molecule has 0 spiro atoms. The van der Waals surface area contributed by atoms with Crippen LogP contribution >= 0.6 is 11.6 Å². The molecule has 2 aromatic carbocycles. The third kappa shape index (κ3) is 3.73. The molecule has 28 heavy (non-hydrogen) atoms.